The Hall–Kier alpha value is -8.40. The van der Waals surface area contributed by atoms with Gasteiger partial charge in [0.1, 0.15) is 11.2 Å². The Morgan fingerprint density at radius 3 is 1.42 bits per heavy atom. The molecule has 1 saturated carbocycles. The van der Waals surface area contributed by atoms with Gasteiger partial charge >= 0.3 is 0 Å². The van der Waals surface area contributed by atoms with E-state index in [1.54, 1.807) is 0 Å². The number of para-hydroxylation sites is 5. The molecule has 3 heteroatoms. The number of fused-ring (bicyclic) bond motifs is 14. The van der Waals surface area contributed by atoms with Gasteiger partial charge in [0.15, 0.2) is 0 Å². The monoisotopic (exact) mass is 912 g/mol. The number of furan rings is 1. The first-order valence-corrected chi connectivity index (χ1v) is 25.3. The van der Waals surface area contributed by atoms with Gasteiger partial charge in [0.05, 0.1) is 11.4 Å². The zero-order chi connectivity index (χ0) is 47.3. The van der Waals surface area contributed by atoms with E-state index in [-0.39, 0.29) is 10.8 Å². The van der Waals surface area contributed by atoms with Gasteiger partial charge in [0.25, 0.3) is 0 Å². The molecule has 340 valence electrons. The van der Waals surface area contributed by atoms with Crippen LogP contribution in [0, 0.1) is 0 Å². The van der Waals surface area contributed by atoms with Crippen LogP contribution in [0.5, 0.6) is 0 Å². The van der Waals surface area contributed by atoms with E-state index in [4.69, 9.17) is 4.42 Å². The summed E-state index contributed by atoms with van der Waals surface area (Å²) in [5, 5.41) is 2.43. The molecular formula is C68H52N2O. The second-order valence-corrected chi connectivity index (χ2v) is 20.3. The van der Waals surface area contributed by atoms with Crippen LogP contribution in [-0.4, -0.2) is 0 Å². The predicted octanol–water partition coefficient (Wildman–Crippen LogP) is 19.0. The summed E-state index contributed by atoms with van der Waals surface area (Å²) < 4.78 is 7.23. The van der Waals surface area contributed by atoms with Gasteiger partial charge in [-0.05, 0) is 130 Å². The summed E-state index contributed by atoms with van der Waals surface area (Å²) >= 11 is 0. The normalized spacial score (nSPS) is 14.6. The summed E-state index contributed by atoms with van der Waals surface area (Å²) in [5.74, 6) is 0. The van der Waals surface area contributed by atoms with E-state index < -0.39 is 0 Å². The lowest BCUT2D eigenvalue weighted by Gasteiger charge is -2.34. The highest BCUT2D eigenvalue weighted by Gasteiger charge is 2.53. The molecule has 3 aliphatic carbocycles. The molecule has 0 aliphatic heterocycles. The van der Waals surface area contributed by atoms with Crippen molar-refractivity contribution in [2.24, 2.45) is 0 Å². The average molecular weight is 913 g/mol. The van der Waals surface area contributed by atoms with Crippen molar-refractivity contribution in [1.82, 2.24) is 0 Å². The van der Waals surface area contributed by atoms with Crippen molar-refractivity contribution in [3.8, 4) is 44.5 Å². The Kier molecular flexibility index (Phi) is 9.41. The number of anilines is 6. The zero-order valence-electron chi connectivity index (χ0n) is 40.1. The first-order chi connectivity index (χ1) is 35.0. The molecule has 0 radical (unpaired) electrons. The summed E-state index contributed by atoms with van der Waals surface area (Å²) in [6.07, 6.45) is 4.58. The van der Waals surface area contributed by atoms with Crippen molar-refractivity contribution in [2.75, 3.05) is 9.80 Å². The van der Waals surface area contributed by atoms with Crippen molar-refractivity contribution in [3.05, 3.63) is 253 Å². The number of hydrogen-bond acceptors (Lipinski definition) is 3. The molecule has 0 unspecified atom stereocenters. The van der Waals surface area contributed by atoms with Gasteiger partial charge in [-0.2, -0.15) is 0 Å². The smallest absolute Gasteiger partial charge is 0.144 e. The van der Waals surface area contributed by atoms with E-state index in [0.717, 1.165) is 52.4 Å². The maximum absolute atomic E-state index is 7.23. The van der Waals surface area contributed by atoms with Crippen LogP contribution in [0.3, 0.4) is 0 Å². The van der Waals surface area contributed by atoms with Gasteiger partial charge in [0.2, 0.25) is 0 Å². The highest BCUT2D eigenvalue weighted by molar-refractivity contribution is 6.21. The molecule has 0 bridgehead atoms. The third-order valence-corrected chi connectivity index (χ3v) is 16.1. The van der Waals surface area contributed by atoms with E-state index in [0.29, 0.717) is 0 Å². The van der Waals surface area contributed by atoms with Crippen LogP contribution in [0.1, 0.15) is 61.8 Å². The third kappa shape index (κ3) is 6.22. The van der Waals surface area contributed by atoms with Crippen LogP contribution in [0.2, 0.25) is 0 Å². The maximum Gasteiger partial charge on any atom is 0.144 e. The molecule has 11 aromatic rings. The average Bonchev–Trinajstić information content (AvgIpc) is 4.23. The molecule has 3 nitrogen and oxygen atoms in total. The van der Waals surface area contributed by atoms with Crippen molar-refractivity contribution in [3.63, 3.8) is 0 Å². The molecule has 71 heavy (non-hydrogen) atoms. The van der Waals surface area contributed by atoms with Crippen LogP contribution < -0.4 is 9.80 Å². The van der Waals surface area contributed by atoms with Gasteiger partial charge in [-0.3, -0.25) is 0 Å². The van der Waals surface area contributed by atoms with E-state index >= 15 is 0 Å². The van der Waals surface area contributed by atoms with Gasteiger partial charge in [-0.1, -0.05) is 190 Å². The van der Waals surface area contributed by atoms with Crippen LogP contribution in [-0.2, 0) is 10.8 Å². The first kappa shape index (κ1) is 41.6. The SMILES string of the molecule is CC1(C)c2cc(N(c3ccccc3)c3ccccc3-c3ccccc3)ccc2-c2c1c1c(c3c2oc2ccccc23)-c2ccc(N(c3ccccc3)c3ccccc3-c3ccccc3)cc2C12CCCC2. The molecule has 1 heterocycles. The highest BCUT2D eigenvalue weighted by atomic mass is 16.3. The van der Waals surface area contributed by atoms with Crippen molar-refractivity contribution < 1.29 is 4.42 Å². The number of rotatable bonds is 8. The van der Waals surface area contributed by atoms with E-state index in [9.17, 15) is 0 Å². The Balaban J connectivity index is 1.00. The Labute approximate surface area is 415 Å². The van der Waals surface area contributed by atoms with Gasteiger partial charge in [-0.15, -0.1) is 0 Å². The van der Waals surface area contributed by atoms with Gasteiger partial charge in [-0.25, -0.2) is 0 Å². The molecule has 14 rings (SSSR count). The van der Waals surface area contributed by atoms with Crippen LogP contribution >= 0.6 is 0 Å². The molecule has 1 fully saturated rings. The Morgan fingerprint density at radius 1 is 0.394 bits per heavy atom. The lowest BCUT2D eigenvalue weighted by Crippen LogP contribution is -2.27. The standard InChI is InChI=1S/C68H52N2O/c1-67(2)56-43-49(69(47-27-11-5-12-28-47)58-34-18-15-31-51(58)45-23-7-3-8-24-45)37-39-53(56)63-64(67)65-61(62-55-33-17-20-36-60(55)71-66(62)63)54-40-38-50(44-57(54)68(65)41-21-22-42-68)70(48-29-13-6-14-30-48)59-35-19-16-32-52(59)46-25-9-4-10-26-46/h3-20,23-40,43-44H,21-22,41-42H2,1-2H3. The number of benzene rings is 10. The summed E-state index contributed by atoms with van der Waals surface area (Å²) in [5.41, 5.74) is 24.0. The third-order valence-electron chi connectivity index (χ3n) is 16.1. The summed E-state index contributed by atoms with van der Waals surface area (Å²) in [6, 6.07) is 84.5. The molecule has 10 aromatic carbocycles. The van der Waals surface area contributed by atoms with E-state index in [2.05, 4.69) is 254 Å². The quantitative estimate of drug-likeness (QED) is 0.151. The largest absolute Gasteiger partial charge is 0.455 e. The maximum atomic E-state index is 7.23. The number of hydrogen-bond donors (Lipinski definition) is 0. The van der Waals surface area contributed by atoms with Crippen molar-refractivity contribution in [2.45, 2.75) is 50.4 Å². The molecule has 1 spiro atoms. The fourth-order valence-electron chi connectivity index (χ4n) is 13.1. The molecule has 3 aliphatic rings. The summed E-state index contributed by atoms with van der Waals surface area (Å²) in [7, 11) is 0. The molecule has 0 saturated heterocycles. The topological polar surface area (TPSA) is 19.6 Å². The second kappa shape index (κ2) is 16.1. The van der Waals surface area contributed by atoms with Gasteiger partial charge in [0, 0.05) is 61.0 Å². The minimum Gasteiger partial charge on any atom is -0.455 e. The second-order valence-electron chi connectivity index (χ2n) is 20.3. The molecule has 0 N–H and O–H groups in total. The molecule has 0 atom stereocenters. The highest BCUT2D eigenvalue weighted by Crippen LogP contribution is 2.67. The van der Waals surface area contributed by atoms with E-state index in [1.165, 1.54) is 96.1 Å². The zero-order valence-corrected chi connectivity index (χ0v) is 40.1. The molecular weight excluding hydrogens is 861 g/mol. The van der Waals surface area contributed by atoms with Crippen LogP contribution in [0.15, 0.2) is 235 Å². The summed E-state index contributed by atoms with van der Waals surface area (Å²) in [6.45, 7) is 4.96. The first-order valence-electron chi connectivity index (χ1n) is 25.3. The van der Waals surface area contributed by atoms with E-state index in [1.807, 2.05) is 0 Å². The van der Waals surface area contributed by atoms with Crippen molar-refractivity contribution >= 4 is 56.1 Å². The lowest BCUT2D eigenvalue weighted by molar-refractivity contribution is 0.529. The van der Waals surface area contributed by atoms with Crippen LogP contribution in [0.25, 0.3) is 66.4 Å². The van der Waals surface area contributed by atoms with Gasteiger partial charge < -0.3 is 14.2 Å². The fourth-order valence-corrected chi connectivity index (χ4v) is 13.1. The Morgan fingerprint density at radius 2 is 0.859 bits per heavy atom. The Bertz CT molecular complexity index is 3850. The number of nitrogens with zero attached hydrogens (tertiary/aromatic N) is 2. The van der Waals surface area contributed by atoms with Crippen molar-refractivity contribution in [1.29, 1.82) is 0 Å². The molecule has 0 amide bonds. The fraction of sp³-hybridized carbons (Fsp3) is 0.118. The minimum atomic E-state index is -0.357. The molecule has 1 aromatic heterocycles. The lowest BCUT2D eigenvalue weighted by atomic mass is 9.69. The predicted molar refractivity (Wildman–Crippen MR) is 296 cm³/mol. The van der Waals surface area contributed by atoms with Crippen LogP contribution in [0.4, 0.5) is 34.1 Å². The minimum absolute atomic E-state index is 0.175. The summed E-state index contributed by atoms with van der Waals surface area (Å²) in [4.78, 5) is 4.93.